The first kappa shape index (κ1) is 18.1. The quantitative estimate of drug-likeness (QED) is 0.851. The molecule has 2 aromatic heterocycles. The van der Waals surface area contributed by atoms with E-state index in [9.17, 15) is 4.79 Å². The van der Waals surface area contributed by atoms with E-state index in [1.807, 2.05) is 30.3 Å². The Balaban J connectivity index is 1.76. The summed E-state index contributed by atoms with van der Waals surface area (Å²) in [6, 6.07) is 11.2. The Kier molecular flexibility index (Phi) is 5.37. The van der Waals surface area contributed by atoms with E-state index < -0.39 is 0 Å². The molecular weight excluding hydrogens is 322 g/mol. The Labute approximate surface area is 155 Å². The number of amides is 1. The molecule has 1 amide bonds. The van der Waals surface area contributed by atoms with Gasteiger partial charge in [0.15, 0.2) is 0 Å². The Morgan fingerprint density at radius 2 is 1.92 bits per heavy atom. The number of rotatable bonds is 4. The third-order valence-electron chi connectivity index (χ3n) is 5.05. The molecule has 2 atom stereocenters. The van der Waals surface area contributed by atoms with E-state index in [-0.39, 0.29) is 16.9 Å². The van der Waals surface area contributed by atoms with Crippen molar-refractivity contribution >= 4 is 5.91 Å². The minimum absolute atomic E-state index is 0.0710. The lowest BCUT2D eigenvalue weighted by molar-refractivity contribution is 0.0898. The van der Waals surface area contributed by atoms with Crippen molar-refractivity contribution in [2.45, 2.75) is 51.5 Å². The van der Waals surface area contributed by atoms with Gasteiger partial charge in [0.25, 0.3) is 5.91 Å². The van der Waals surface area contributed by atoms with E-state index in [0.717, 1.165) is 37.8 Å². The zero-order valence-corrected chi connectivity index (χ0v) is 15.5. The van der Waals surface area contributed by atoms with Crippen LogP contribution in [0.1, 0.15) is 62.1 Å². The summed E-state index contributed by atoms with van der Waals surface area (Å²) in [7, 11) is 0. The van der Waals surface area contributed by atoms with Crippen LogP contribution in [0.3, 0.4) is 0 Å². The molecule has 1 N–H and O–H groups in total. The summed E-state index contributed by atoms with van der Waals surface area (Å²) < 4.78 is 0. The third kappa shape index (κ3) is 4.29. The van der Waals surface area contributed by atoms with E-state index >= 15 is 0 Å². The summed E-state index contributed by atoms with van der Waals surface area (Å²) in [6.07, 6.45) is 8.27. The molecule has 1 aliphatic rings. The van der Waals surface area contributed by atoms with Gasteiger partial charge < -0.3 is 5.32 Å². The summed E-state index contributed by atoms with van der Waals surface area (Å²) in [6.45, 7) is 4.31. The van der Waals surface area contributed by atoms with Crippen molar-refractivity contribution in [3.8, 4) is 11.8 Å². The average Bonchev–Trinajstić information content (AvgIpc) is 2.99. The van der Waals surface area contributed by atoms with Crippen LogP contribution in [0.5, 0.6) is 0 Å². The fraction of sp³-hybridized carbons (Fsp3) is 0.409. The number of aromatic nitrogens is 2. The van der Waals surface area contributed by atoms with Crippen LogP contribution >= 0.6 is 0 Å². The predicted octanol–water partition coefficient (Wildman–Crippen LogP) is 3.99. The molecule has 134 valence electrons. The Morgan fingerprint density at radius 3 is 2.58 bits per heavy atom. The van der Waals surface area contributed by atoms with Crippen LogP contribution in [-0.2, 0) is 0 Å². The second kappa shape index (κ2) is 7.70. The minimum Gasteiger partial charge on any atom is -0.345 e. The normalized spacial score (nSPS) is 24.5. The Bertz CT molecular complexity index is 810. The topological polar surface area (TPSA) is 54.9 Å². The van der Waals surface area contributed by atoms with Gasteiger partial charge in [0.05, 0.1) is 0 Å². The van der Waals surface area contributed by atoms with Crippen molar-refractivity contribution < 1.29 is 4.79 Å². The van der Waals surface area contributed by atoms with Gasteiger partial charge in [-0.05, 0) is 62.8 Å². The molecule has 0 unspecified atom stereocenters. The van der Waals surface area contributed by atoms with E-state index in [1.54, 1.807) is 18.5 Å². The number of carbonyl (C=O) groups excluding carboxylic acids is 1. The Morgan fingerprint density at radius 1 is 1.15 bits per heavy atom. The number of nitrogens with one attached hydrogen (secondary N) is 1. The van der Waals surface area contributed by atoms with Crippen LogP contribution in [0.15, 0.2) is 48.8 Å². The summed E-state index contributed by atoms with van der Waals surface area (Å²) in [5.74, 6) is 6.64. The maximum absolute atomic E-state index is 12.5. The van der Waals surface area contributed by atoms with Gasteiger partial charge in [0.1, 0.15) is 11.4 Å². The number of nitrogens with zero attached hydrogens (tertiary/aromatic N) is 2. The van der Waals surface area contributed by atoms with Crippen LogP contribution in [0.25, 0.3) is 0 Å². The van der Waals surface area contributed by atoms with Crippen LogP contribution in [0.4, 0.5) is 0 Å². The molecule has 0 bridgehead atoms. The maximum atomic E-state index is 12.5. The predicted molar refractivity (Wildman–Crippen MR) is 102 cm³/mol. The summed E-state index contributed by atoms with van der Waals surface area (Å²) >= 11 is 0. The minimum atomic E-state index is -0.261. The first-order valence-corrected chi connectivity index (χ1v) is 9.22. The maximum Gasteiger partial charge on any atom is 0.270 e. The van der Waals surface area contributed by atoms with Crippen LogP contribution in [0, 0.1) is 17.3 Å². The molecule has 4 heteroatoms. The van der Waals surface area contributed by atoms with Crippen molar-refractivity contribution in [1.82, 2.24) is 15.3 Å². The van der Waals surface area contributed by atoms with Crippen molar-refractivity contribution in [2.24, 2.45) is 5.41 Å². The van der Waals surface area contributed by atoms with Crippen molar-refractivity contribution in [3.05, 3.63) is 60.2 Å². The molecule has 0 spiro atoms. The second-order valence-corrected chi connectivity index (χ2v) is 7.40. The lowest BCUT2D eigenvalue weighted by Crippen LogP contribution is -2.45. The highest BCUT2D eigenvalue weighted by atomic mass is 16.2. The van der Waals surface area contributed by atoms with Gasteiger partial charge in [-0.3, -0.25) is 9.78 Å². The standard InChI is InChI=1S/C22H25N3O/c1-3-11-22(12-10-18-8-4-6-15-23-18)14-13-21(2,17-22)25-20(26)19-9-5-7-16-24-19/h4-9,15-16H,3,11,13-14,17H2,1-2H3,(H,25,26)/t21-,22+/m1/s1. The SMILES string of the molecule is CCC[C@]1(C#Cc2ccccn2)CC[C@@](C)(NC(=O)c2ccccn2)C1. The van der Waals surface area contributed by atoms with Crippen LogP contribution in [-0.4, -0.2) is 21.4 Å². The van der Waals surface area contributed by atoms with Crippen molar-refractivity contribution in [2.75, 3.05) is 0 Å². The zero-order chi connectivity index (χ0) is 18.5. The molecule has 0 aliphatic heterocycles. The molecule has 0 saturated heterocycles. The zero-order valence-electron chi connectivity index (χ0n) is 15.5. The summed E-state index contributed by atoms with van der Waals surface area (Å²) in [5.41, 5.74) is 0.927. The highest BCUT2D eigenvalue weighted by molar-refractivity contribution is 5.92. The molecule has 2 heterocycles. The number of pyridine rings is 2. The molecule has 4 nitrogen and oxygen atoms in total. The highest BCUT2D eigenvalue weighted by Crippen LogP contribution is 2.47. The van der Waals surface area contributed by atoms with Gasteiger partial charge in [-0.2, -0.15) is 0 Å². The fourth-order valence-corrected chi connectivity index (χ4v) is 3.88. The van der Waals surface area contributed by atoms with Crippen molar-refractivity contribution in [3.63, 3.8) is 0 Å². The van der Waals surface area contributed by atoms with E-state index in [2.05, 4.69) is 41.0 Å². The van der Waals surface area contributed by atoms with Gasteiger partial charge in [-0.15, -0.1) is 0 Å². The molecule has 1 aliphatic carbocycles. The number of hydrogen-bond donors (Lipinski definition) is 1. The first-order chi connectivity index (χ1) is 12.5. The molecule has 0 radical (unpaired) electrons. The highest BCUT2D eigenvalue weighted by Gasteiger charge is 2.45. The second-order valence-electron chi connectivity index (χ2n) is 7.40. The smallest absolute Gasteiger partial charge is 0.270 e. The van der Waals surface area contributed by atoms with Crippen LogP contribution in [0.2, 0.25) is 0 Å². The molecule has 1 fully saturated rings. The van der Waals surface area contributed by atoms with E-state index in [4.69, 9.17) is 0 Å². The number of hydrogen-bond acceptors (Lipinski definition) is 3. The third-order valence-corrected chi connectivity index (χ3v) is 5.05. The lowest BCUT2D eigenvalue weighted by Gasteiger charge is -2.29. The number of carbonyl (C=O) groups is 1. The molecular formula is C22H25N3O. The van der Waals surface area contributed by atoms with Gasteiger partial charge in [-0.25, -0.2) is 4.98 Å². The first-order valence-electron chi connectivity index (χ1n) is 9.22. The van der Waals surface area contributed by atoms with E-state index in [1.165, 1.54) is 0 Å². The molecule has 0 aromatic carbocycles. The molecule has 2 aromatic rings. The van der Waals surface area contributed by atoms with Gasteiger partial charge >= 0.3 is 0 Å². The lowest BCUT2D eigenvalue weighted by atomic mass is 9.80. The van der Waals surface area contributed by atoms with Gasteiger partial charge in [0, 0.05) is 23.3 Å². The monoisotopic (exact) mass is 347 g/mol. The van der Waals surface area contributed by atoms with E-state index in [0.29, 0.717) is 5.69 Å². The van der Waals surface area contributed by atoms with Crippen LogP contribution < -0.4 is 5.32 Å². The van der Waals surface area contributed by atoms with Crippen molar-refractivity contribution in [1.29, 1.82) is 0 Å². The summed E-state index contributed by atoms with van der Waals surface area (Å²) in [4.78, 5) is 21.0. The molecule has 3 rings (SSSR count). The Hall–Kier alpha value is -2.67. The largest absolute Gasteiger partial charge is 0.345 e. The molecule has 26 heavy (non-hydrogen) atoms. The summed E-state index contributed by atoms with van der Waals surface area (Å²) in [5, 5.41) is 3.20. The van der Waals surface area contributed by atoms with Gasteiger partial charge in [0.2, 0.25) is 0 Å². The van der Waals surface area contributed by atoms with Gasteiger partial charge in [-0.1, -0.05) is 31.4 Å². The fourth-order valence-electron chi connectivity index (χ4n) is 3.88. The molecule has 1 saturated carbocycles. The average molecular weight is 347 g/mol.